The Morgan fingerprint density at radius 2 is 1.90 bits per heavy atom. The Hall–Kier alpha value is -2.20. The largest absolute Gasteiger partial charge is 0.508 e. The molecule has 0 saturated heterocycles. The average molecular weight is 297 g/mol. The van der Waals surface area contributed by atoms with Crippen molar-refractivity contribution < 1.29 is 9.63 Å². The summed E-state index contributed by atoms with van der Waals surface area (Å²) in [7, 11) is 0. The van der Waals surface area contributed by atoms with E-state index in [0.717, 1.165) is 21.9 Å². The van der Waals surface area contributed by atoms with E-state index < -0.39 is 0 Å². The second-order valence-electron chi connectivity index (χ2n) is 4.83. The van der Waals surface area contributed by atoms with Gasteiger partial charge in [-0.3, -0.25) is 0 Å². The van der Waals surface area contributed by atoms with Crippen LogP contribution in [0.3, 0.4) is 0 Å². The van der Waals surface area contributed by atoms with Gasteiger partial charge in [0.15, 0.2) is 0 Å². The lowest BCUT2D eigenvalue weighted by Gasteiger charge is -1.99. The minimum Gasteiger partial charge on any atom is -0.508 e. The summed E-state index contributed by atoms with van der Waals surface area (Å²) in [6.07, 6.45) is 0. The molecule has 0 spiro atoms. The fourth-order valence-corrected chi connectivity index (χ4v) is 2.79. The molecule has 1 N–H and O–H groups in total. The maximum absolute atomic E-state index is 9.44. The first-order chi connectivity index (χ1) is 10.2. The van der Waals surface area contributed by atoms with E-state index in [2.05, 4.69) is 24.2 Å². The van der Waals surface area contributed by atoms with Crippen LogP contribution in [0.25, 0.3) is 11.3 Å². The van der Waals surface area contributed by atoms with Crippen LogP contribution in [0, 0.1) is 6.92 Å². The lowest BCUT2D eigenvalue weighted by Crippen LogP contribution is -1.77. The number of hydrogen-bond donors (Lipinski definition) is 1. The van der Waals surface area contributed by atoms with Gasteiger partial charge in [-0.05, 0) is 25.1 Å². The number of rotatable bonds is 4. The monoisotopic (exact) mass is 297 g/mol. The molecule has 3 nitrogen and oxygen atoms in total. The summed E-state index contributed by atoms with van der Waals surface area (Å²) in [6.45, 7) is 2.06. The standard InChI is InChI=1S/C17H15NO2S/c1-12-5-7-13(8-6-12)17-10-15(20-18-17)11-21-16-4-2-3-14(19)9-16/h2-10,19H,11H2,1H3. The summed E-state index contributed by atoms with van der Waals surface area (Å²) in [5.41, 5.74) is 3.13. The molecular weight excluding hydrogens is 282 g/mol. The molecule has 0 unspecified atom stereocenters. The Labute approximate surface area is 127 Å². The predicted molar refractivity (Wildman–Crippen MR) is 84.3 cm³/mol. The van der Waals surface area contributed by atoms with Crippen LogP contribution in [0.2, 0.25) is 0 Å². The van der Waals surface area contributed by atoms with Crippen LogP contribution in [0.1, 0.15) is 11.3 Å². The van der Waals surface area contributed by atoms with Crippen LogP contribution in [0.5, 0.6) is 5.75 Å². The van der Waals surface area contributed by atoms with Gasteiger partial charge in [-0.25, -0.2) is 0 Å². The maximum Gasteiger partial charge on any atom is 0.147 e. The number of thioether (sulfide) groups is 1. The van der Waals surface area contributed by atoms with E-state index in [9.17, 15) is 5.11 Å². The van der Waals surface area contributed by atoms with E-state index >= 15 is 0 Å². The molecule has 0 radical (unpaired) electrons. The molecule has 3 aromatic rings. The molecule has 0 atom stereocenters. The normalized spacial score (nSPS) is 10.7. The number of aromatic nitrogens is 1. The number of benzene rings is 2. The van der Waals surface area contributed by atoms with E-state index in [1.165, 1.54) is 5.56 Å². The number of nitrogens with zero attached hydrogens (tertiary/aromatic N) is 1. The molecule has 0 aliphatic heterocycles. The van der Waals surface area contributed by atoms with E-state index in [4.69, 9.17) is 4.52 Å². The van der Waals surface area contributed by atoms with E-state index in [1.807, 2.05) is 30.3 Å². The number of phenols is 1. The fourth-order valence-electron chi connectivity index (χ4n) is 1.97. The Bertz CT molecular complexity index is 735. The van der Waals surface area contributed by atoms with E-state index in [0.29, 0.717) is 5.75 Å². The molecule has 1 heterocycles. The highest BCUT2D eigenvalue weighted by Gasteiger charge is 2.07. The molecule has 0 saturated carbocycles. The van der Waals surface area contributed by atoms with E-state index in [1.54, 1.807) is 23.9 Å². The molecule has 2 aromatic carbocycles. The van der Waals surface area contributed by atoms with Gasteiger partial charge in [0.05, 0.1) is 5.75 Å². The molecule has 21 heavy (non-hydrogen) atoms. The van der Waals surface area contributed by atoms with Crippen LogP contribution < -0.4 is 0 Å². The first kappa shape index (κ1) is 13.8. The second-order valence-corrected chi connectivity index (χ2v) is 5.88. The fraction of sp³-hybridized carbons (Fsp3) is 0.118. The highest BCUT2D eigenvalue weighted by atomic mass is 32.2. The third kappa shape index (κ3) is 3.47. The van der Waals surface area contributed by atoms with Gasteiger partial charge in [0, 0.05) is 16.5 Å². The Morgan fingerprint density at radius 3 is 2.67 bits per heavy atom. The van der Waals surface area contributed by atoms with Gasteiger partial charge in [0.25, 0.3) is 0 Å². The summed E-state index contributed by atoms with van der Waals surface area (Å²) in [5, 5.41) is 13.5. The van der Waals surface area contributed by atoms with Crippen LogP contribution in [0.4, 0.5) is 0 Å². The minimum atomic E-state index is 0.276. The van der Waals surface area contributed by atoms with Crippen molar-refractivity contribution in [3.8, 4) is 17.0 Å². The molecule has 3 rings (SSSR count). The SMILES string of the molecule is Cc1ccc(-c2cc(CSc3cccc(O)c3)on2)cc1. The van der Waals surface area contributed by atoms with Crippen molar-refractivity contribution in [3.05, 3.63) is 65.9 Å². The zero-order chi connectivity index (χ0) is 14.7. The van der Waals surface area contributed by atoms with Gasteiger partial charge in [0.1, 0.15) is 17.2 Å². The topological polar surface area (TPSA) is 46.3 Å². The molecule has 4 heteroatoms. The van der Waals surface area contributed by atoms with Crippen molar-refractivity contribution in [2.75, 3.05) is 0 Å². The summed E-state index contributed by atoms with van der Waals surface area (Å²) in [5.74, 6) is 1.78. The third-order valence-electron chi connectivity index (χ3n) is 3.10. The zero-order valence-corrected chi connectivity index (χ0v) is 12.4. The van der Waals surface area contributed by atoms with Crippen molar-refractivity contribution in [1.29, 1.82) is 0 Å². The number of aryl methyl sites for hydroxylation is 1. The van der Waals surface area contributed by atoms with Gasteiger partial charge < -0.3 is 9.63 Å². The van der Waals surface area contributed by atoms with Crippen LogP contribution in [-0.4, -0.2) is 10.3 Å². The van der Waals surface area contributed by atoms with Gasteiger partial charge in [-0.2, -0.15) is 0 Å². The van der Waals surface area contributed by atoms with Crippen LogP contribution >= 0.6 is 11.8 Å². The summed E-state index contributed by atoms with van der Waals surface area (Å²) < 4.78 is 5.37. The maximum atomic E-state index is 9.44. The Morgan fingerprint density at radius 1 is 1.10 bits per heavy atom. The summed E-state index contributed by atoms with van der Waals surface area (Å²) in [4.78, 5) is 1.00. The lowest BCUT2D eigenvalue weighted by atomic mass is 10.1. The average Bonchev–Trinajstić information content (AvgIpc) is 2.95. The van der Waals surface area contributed by atoms with Crippen molar-refractivity contribution in [1.82, 2.24) is 5.16 Å². The highest BCUT2D eigenvalue weighted by Crippen LogP contribution is 2.27. The third-order valence-corrected chi connectivity index (χ3v) is 4.12. The van der Waals surface area contributed by atoms with Gasteiger partial charge >= 0.3 is 0 Å². The van der Waals surface area contributed by atoms with Crippen molar-refractivity contribution in [2.45, 2.75) is 17.6 Å². The quantitative estimate of drug-likeness (QED) is 0.712. The molecule has 0 amide bonds. The Kier molecular flexibility index (Phi) is 3.97. The molecule has 1 aromatic heterocycles. The number of aromatic hydroxyl groups is 1. The molecule has 0 fully saturated rings. The van der Waals surface area contributed by atoms with Gasteiger partial charge in [-0.1, -0.05) is 41.1 Å². The smallest absolute Gasteiger partial charge is 0.147 e. The second kappa shape index (κ2) is 6.06. The molecule has 106 valence electrons. The Balaban J connectivity index is 1.69. The molecular formula is C17H15NO2S. The van der Waals surface area contributed by atoms with Crippen molar-refractivity contribution in [2.24, 2.45) is 0 Å². The highest BCUT2D eigenvalue weighted by molar-refractivity contribution is 7.98. The van der Waals surface area contributed by atoms with Crippen molar-refractivity contribution >= 4 is 11.8 Å². The minimum absolute atomic E-state index is 0.276. The lowest BCUT2D eigenvalue weighted by molar-refractivity contribution is 0.397. The van der Waals surface area contributed by atoms with Crippen molar-refractivity contribution in [3.63, 3.8) is 0 Å². The number of hydrogen-bond acceptors (Lipinski definition) is 4. The first-order valence-corrected chi connectivity index (χ1v) is 7.64. The molecule has 0 aliphatic rings. The van der Waals surface area contributed by atoms with Gasteiger partial charge in [0.2, 0.25) is 0 Å². The van der Waals surface area contributed by atoms with E-state index in [-0.39, 0.29) is 5.75 Å². The number of phenolic OH excluding ortho intramolecular Hbond substituents is 1. The first-order valence-electron chi connectivity index (χ1n) is 6.65. The molecule has 0 aliphatic carbocycles. The van der Waals surface area contributed by atoms with Crippen LogP contribution in [-0.2, 0) is 5.75 Å². The zero-order valence-electron chi connectivity index (χ0n) is 11.6. The van der Waals surface area contributed by atoms with Crippen LogP contribution in [0.15, 0.2) is 64.0 Å². The molecule has 0 bridgehead atoms. The predicted octanol–water partition coefficient (Wildman–Crippen LogP) is 4.65. The summed E-state index contributed by atoms with van der Waals surface area (Å²) in [6, 6.07) is 17.4. The van der Waals surface area contributed by atoms with Gasteiger partial charge in [-0.15, -0.1) is 11.8 Å². The summed E-state index contributed by atoms with van der Waals surface area (Å²) >= 11 is 1.60.